The lowest BCUT2D eigenvalue weighted by molar-refractivity contribution is 0.405. The SMILES string of the molecule is CNC(c1cc(C)cc(F)c1)c1ccc(C)cc1OC. The van der Waals surface area contributed by atoms with Crippen LogP contribution in [0.1, 0.15) is 28.3 Å². The highest BCUT2D eigenvalue weighted by molar-refractivity contribution is 5.44. The van der Waals surface area contributed by atoms with E-state index in [1.807, 2.05) is 45.2 Å². The number of hydrogen-bond donors (Lipinski definition) is 1. The fourth-order valence-electron chi connectivity index (χ4n) is 2.49. The Hall–Kier alpha value is -1.87. The smallest absolute Gasteiger partial charge is 0.124 e. The Morgan fingerprint density at radius 2 is 1.80 bits per heavy atom. The van der Waals surface area contributed by atoms with Gasteiger partial charge in [-0.15, -0.1) is 0 Å². The van der Waals surface area contributed by atoms with Crippen molar-refractivity contribution in [3.63, 3.8) is 0 Å². The Morgan fingerprint density at radius 1 is 1.05 bits per heavy atom. The number of methoxy groups -OCH3 is 1. The first-order valence-electron chi connectivity index (χ1n) is 6.64. The molecule has 0 aliphatic carbocycles. The number of aryl methyl sites for hydroxylation is 2. The molecule has 0 bridgehead atoms. The lowest BCUT2D eigenvalue weighted by Crippen LogP contribution is -2.19. The summed E-state index contributed by atoms with van der Waals surface area (Å²) in [4.78, 5) is 0. The normalized spacial score (nSPS) is 12.2. The van der Waals surface area contributed by atoms with Crippen LogP contribution in [0.3, 0.4) is 0 Å². The van der Waals surface area contributed by atoms with Gasteiger partial charge in [0.1, 0.15) is 11.6 Å². The third-order valence-corrected chi connectivity index (χ3v) is 3.39. The predicted molar refractivity (Wildman–Crippen MR) is 79.8 cm³/mol. The molecule has 2 nitrogen and oxygen atoms in total. The molecule has 0 heterocycles. The molecule has 0 saturated heterocycles. The second kappa shape index (κ2) is 6.06. The van der Waals surface area contributed by atoms with Gasteiger partial charge in [0.15, 0.2) is 0 Å². The Balaban J connectivity index is 2.52. The van der Waals surface area contributed by atoms with Crippen molar-refractivity contribution in [3.05, 3.63) is 64.5 Å². The molecule has 0 spiro atoms. The van der Waals surface area contributed by atoms with Crippen molar-refractivity contribution in [1.29, 1.82) is 0 Å². The number of ether oxygens (including phenoxy) is 1. The molecule has 106 valence electrons. The first kappa shape index (κ1) is 14.5. The lowest BCUT2D eigenvalue weighted by Gasteiger charge is -2.21. The highest BCUT2D eigenvalue weighted by Crippen LogP contribution is 2.31. The van der Waals surface area contributed by atoms with E-state index in [9.17, 15) is 4.39 Å². The van der Waals surface area contributed by atoms with E-state index in [0.717, 1.165) is 28.0 Å². The minimum absolute atomic E-state index is 0.0973. The van der Waals surface area contributed by atoms with Crippen molar-refractivity contribution in [2.45, 2.75) is 19.9 Å². The maximum atomic E-state index is 13.6. The predicted octanol–water partition coefficient (Wildman–Crippen LogP) is 3.76. The van der Waals surface area contributed by atoms with Gasteiger partial charge in [0, 0.05) is 5.56 Å². The van der Waals surface area contributed by atoms with Crippen molar-refractivity contribution in [2.75, 3.05) is 14.2 Å². The molecular formula is C17H20FNO. The van der Waals surface area contributed by atoms with Crippen LogP contribution in [0.5, 0.6) is 5.75 Å². The zero-order chi connectivity index (χ0) is 14.7. The average molecular weight is 273 g/mol. The van der Waals surface area contributed by atoms with Gasteiger partial charge >= 0.3 is 0 Å². The van der Waals surface area contributed by atoms with Gasteiger partial charge in [-0.3, -0.25) is 0 Å². The van der Waals surface area contributed by atoms with Gasteiger partial charge in [-0.05, 0) is 55.8 Å². The number of halogens is 1. The van der Waals surface area contributed by atoms with E-state index in [1.54, 1.807) is 13.2 Å². The molecule has 2 aromatic carbocycles. The monoisotopic (exact) mass is 273 g/mol. The Labute approximate surface area is 119 Å². The summed E-state index contributed by atoms with van der Waals surface area (Å²) in [6.07, 6.45) is 0. The van der Waals surface area contributed by atoms with Crippen molar-refractivity contribution in [3.8, 4) is 5.75 Å². The molecule has 2 aromatic rings. The van der Waals surface area contributed by atoms with Crippen LogP contribution in [0.15, 0.2) is 36.4 Å². The van der Waals surface area contributed by atoms with Crippen molar-refractivity contribution in [2.24, 2.45) is 0 Å². The Bertz CT molecular complexity index is 590. The van der Waals surface area contributed by atoms with E-state index in [2.05, 4.69) is 5.32 Å². The van der Waals surface area contributed by atoms with Crippen LogP contribution in [-0.2, 0) is 0 Å². The first-order valence-corrected chi connectivity index (χ1v) is 6.64. The minimum atomic E-state index is -0.216. The first-order chi connectivity index (χ1) is 9.55. The van der Waals surface area contributed by atoms with Crippen molar-refractivity contribution >= 4 is 0 Å². The summed E-state index contributed by atoms with van der Waals surface area (Å²) in [6.45, 7) is 3.92. The second-order valence-corrected chi connectivity index (χ2v) is 5.03. The fourth-order valence-corrected chi connectivity index (χ4v) is 2.49. The molecule has 3 heteroatoms. The molecule has 2 rings (SSSR count). The van der Waals surface area contributed by atoms with Gasteiger partial charge in [-0.1, -0.05) is 18.2 Å². The van der Waals surface area contributed by atoms with Crippen LogP contribution in [-0.4, -0.2) is 14.2 Å². The van der Waals surface area contributed by atoms with Gasteiger partial charge in [-0.25, -0.2) is 4.39 Å². The van der Waals surface area contributed by atoms with Crippen LogP contribution in [0.2, 0.25) is 0 Å². The molecule has 0 radical (unpaired) electrons. The molecule has 20 heavy (non-hydrogen) atoms. The summed E-state index contributed by atoms with van der Waals surface area (Å²) in [7, 11) is 3.52. The number of nitrogens with one attached hydrogen (secondary N) is 1. The quantitative estimate of drug-likeness (QED) is 0.915. The molecule has 1 N–H and O–H groups in total. The summed E-state index contributed by atoms with van der Waals surface area (Å²) in [6, 6.07) is 11.0. The summed E-state index contributed by atoms with van der Waals surface area (Å²) in [5.74, 6) is 0.595. The molecule has 0 amide bonds. The van der Waals surface area contributed by atoms with Crippen LogP contribution >= 0.6 is 0 Å². The molecule has 0 aliphatic heterocycles. The fraction of sp³-hybridized carbons (Fsp3) is 0.294. The Kier molecular flexibility index (Phi) is 4.40. The zero-order valence-electron chi connectivity index (χ0n) is 12.3. The molecule has 0 fully saturated rings. The maximum Gasteiger partial charge on any atom is 0.124 e. The highest BCUT2D eigenvalue weighted by Gasteiger charge is 2.17. The third-order valence-electron chi connectivity index (χ3n) is 3.39. The largest absolute Gasteiger partial charge is 0.496 e. The minimum Gasteiger partial charge on any atom is -0.496 e. The molecule has 1 unspecified atom stereocenters. The van der Waals surface area contributed by atoms with Crippen LogP contribution in [0, 0.1) is 19.7 Å². The molecule has 0 aromatic heterocycles. The lowest BCUT2D eigenvalue weighted by atomic mass is 9.95. The van der Waals surface area contributed by atoms with E-state index in [1.165, 1.54) is 6.07 Å². The van der Waals surface area contributed by atoms with Crippen LogP contribution < -0.4 is 10.1 Å². The van der Waals surface area contributed by atoms with Gasteiger partial charge in [0.2, 0.25) is 0 Å². The molecule has 0 saturated carbocycles. The molecule has 0 aliphatic rings. The number of hydrogen-bond acceptors (Lipinski definition) is 2. The average Bonchev–Trinajstić information content (AvgIpc) is 2.40. The number of benzene rings is 2. The summed E-state index contributed by atoms with van der Waals surface area (Å²) in [5.41, 5.74) is 3.94. The number of rotatable bonds is 4. The van der Waals surface area contributed by atoms with E-state index in [4.69, 9.17) is 4.74 Å². The second-order valence-electron chi connectivity index (χ2n) is 5.03. The maximum absolute atomic E-state index is 13.6. The molecular weight excluding hydrogens is 253 g/mol. The standard InChI is InChI=1S/C17H20FNO/c1-11-5-6-15(16(9-11)20-4)17(19-3)13-7-12(2)8-14(18)10-13/h5-10,17,19H,1-4H3. The Morgan fingerprint density at radius 3 is 2.40 bits per heavy atom. The van der Waals surface area contributed by atoms with E-state index < -0.39 is 0 Å². The topological polar surface area (TPSA) is 21.3 Å². The van der Waals surface area contributed by atoms with E-state index >= 15 is 0 Å². The van der Waals surface area contributed by atoms with Gasteiger partial charge in [0.05, 0.1) is 13.2 Å². The van der Waals surface area contributed by atoms with E-state index in [0.29, 0.717) is 0 Å². The summed E-state index contributed by atoms with van der Waals surface area (Å²) < 4.78 is 19.1. The third kappa shape index (κ3) is 2.99. The highest BCUT2D eigenvalue weighted by atomic mass is 19.1. The van der Waals surface area contributed by atoms with Crippen molar-refractivity contribution < 1.29 is 9.13 Å². The zero-order valence-corrected chi connectivity index (χ0v) is 12.3. The summed E-state index contributed by atoms with van der Waals surface area (Å²) in [5, 5.41) is 3.24. The van der Waals surface area contributed by atoms with Crippen molar-refractivity contribution in [1.82, 2.24) is 5.32 Å². The van der Waals surface area contributed by atoms with E-state index in [-0.39, 0.29) is 11.9 Å². The molecule has 1 atom stereocenters. The van der Waals surface area contributed by atoms with Gasteiger partial charge in [0.25, 0.3) is 0 Å². The van der Waals surface area contributed by atoms with Crippen LogP contribution in [0.25, 0.3) is 0 Å². The van der Waals surface area contributed by atoms with Gasteiger partial charge < -0.3 is 10.1 Å². The van der Waals surface area contributed by atoms with Crippen LogP contribution in [0.4, 0.5) is 4.39 Å². The summed E-state index contributed by atoms with van der Waals surface area (Å²) >= 11 is 0. The van der Waals surface area contributed by atoms with Gasteiger partial charge in [-0.2, -0.15) is 0 Å².